The topological polar surface area (TPSA) is 72.6 Å². The Hall–Kier alpha value is -2.30. The van der Waals surface area contributed by atoms with Crippen molar-refractivity contribution in [2.45, 2.75) is 6.42 Å². The van der Waals surface area contributed by atoms with E-state index < -0.39 is 11.9 Å². The molecule has 18 heavy (non-hydrogen) atoms. The van der Waals surface area contributed by atoms with Crippen molar-refractivity contribution in [1.29, 1.82) is 0 Å². The molecule has 2 rings (SSSR count). The molecule has 0 bridgehead atoms. The molecule has 0 saturated heterocycles. The molecule has 0 radical (unpaired) electrons. The highest BCUT2D eigenvalue weighted by atomic mass is 16.5. The Morgan fingerprint density at radius 1 is 1.44 bits per heavy atom. The number of carbonyl (C=O) groups is 1. The van der Waals surface area contributed by atoms with Crippen LogP contribution in [0.4, 0.5) is 0 Å². The normalized spacial score (nSPS) is 12.0. The van der Waals surface area contributed by atoms with Crippen molar-refractivity contribution in [3.63, 3.8) is 0 Å². The van der Waals surface area contributed by atoms with Gasteiger partial charge in [0.2, 0.25) is 0 Å². The molecule has 2 aromatic rings. The highest BCUT2D eigenvalue weighted by molar-refractivity contribution is 5.70. The standard InChI is InChI=1S/C13H13NO4/c15-13(16)10(7-11-4-2-6-17-11)9-18-12-3-1-5-14-8-12/h1-6,8,10H,7,9H2,(H,15,16). The molecule has 0 spiro atoms. The first-order valence-electron chi connectivity index (χ1n) is 5.53. The van der Waals surface area contributed by atoms with E-state index >= 15 is 0 Å². The van der Waals surface area contributed by atoms with Crippen LogP contribution in [0.3, 0.4) is 0 Å². The predicted molar refractivity (Wildman–Crippen MR) is 63.3 cm³/mol. The average Bonchev–Trinajstić information content (AvgIpc) is 2.88. The number of aliphatic carboxylic acids is 1. The molecule has 1 N–H and O–H groups in total. The molecule has 1 unspecified atom stereocenters. The Morgan fingerprint density at radius 3 is 2.94 bits per heavy atom. The summed E-state index contributed by atoms with van der Waals surface area (Å²) in [6.45, 7) is 0.0850. The van der Waals surface area contributed by atoms with Gasteiger partial charge in [0, 0.05) is 12.6 Å². The predicted octanol–water partition coefficient (Wildman–Crippen LogP) is 2.00. The second-order valence-electron chi connectivity index (χ2n) is 3.82. The number of nitrogens with zero attached hydrogens (tertiary/aromatic N) is 1. The van der Waals surface area contributed by atoms with Gasteiger partial charge in [-0.1, -0.05) is 0 Å². The minimum absolute atomic E-state index is 0.0850. The first-order valence-corrected chi connectivity index (χ1v) is 5.53. The number of pyridine rings is 1. The second kappa shape index (κ2) is 5.86. The van der Waals surface area contributed by atoms with Crippen LogP contribution in [0.25, 0.3) is 0 Å². The maximum absolute atomic E-state index is 11.1. The van der Waals surface area contributed by atoms with Crippen molar-refractivity contribution < 1.29 is 19.1 Å². The number of furan rings is 1. The van der Waals surface area contributed by atoms with E-state index in [4.69, 9.17) is 14.3 Å². The number of hydrogen-bond acceptors (Lipinski definition) is 4. The number of ether oxygens (including phenoxy) is 1. The number of aromatic nitrogens is 1. The van der Waals surface area contributed by atoms with Gasteiger partial charge in [-0.25, -0.2) is 0 Å². The van der Waals surface area contributed by atoms with E-state index in [1.165, 1.54) is 6.26 Å². The van der Waals surface area contributed by atoms with Crippen LogP contribution < -0.4 is 4.74 Å². The number of carboxylic acids is 1. The van der Waals surface area contributed by atoms with Crippen LogP contribution in [0.5, 0.6) is 5.75 Å². The number of hydrogen-bond donors (Lipinski definition) is 1. The molecule has 0 aromatic carbocycles. The first-order chi connectivity index (χ1) is 8.75. The summed E-state index contributed by atoms with van der Waals surface area (Å²) < 4.78 is 10.5. The summed E-state index contributed by atoms with van der Waals surface area (Å²) in [5, 5.41) is 9.11. The van der Waals surface area contributed by atoms with Crippen LogP contribution >= 0.6 is 0 Å². The highest BCUT2D eigenvalue weighted by Gasteiger charge is 2.20. The van der Waals surface area contributed by atoms with Crippen LogP contribution in [-0.4, -0.2) is 22.7 Å². The molecule has 0 amide bonds. The van der Waals surface area contributed by atoms with Gasteiger partial charge in [0.1, 0.15) is 18.1 Å². The van der Waals surface area contributed by atoms with Crippen molar-refractivity contribution in [1.82, 2.24) is 4.98 Å². The van der Waals surface area contributed by atoms with Crippen molar-refractivity contribution >= 4 is 5.97 Å². The molecular formula is C13H13NO4. The molecule has 0 saturated carbocycles. The smallest absolute Gasteiger partial charge is 0.310 e. The first kappa shape index (κ1) is 12.2. The molecule has 2 aromatic heterocycles. The van der Waals surface area contributed by atoms with Crippen LogP contribution in [-0.2, 0) is 11.2 Å². The fraction of sp³-hybridized carbons (Fsp3) is 0.231. The molecule has 2 heterocycles. The summed E-state index contributed by atoms with van der Waals surface area (Å²) in [5.74, 6) is -0.355. The Balaban J connectivity index is 1.93. The molecule has 5 nitrogen and oxygen atoms in total. The quantitative estimate of drug-likeness (QED) is 0.845. The maximum Gasteiger partial charge on any atom is 0.310 e. The summed E-state index contributed by atoms with van der Waals surface area (Å²) in [6, 6.07) is 6.95. The van der Waals surface area contributed by atoms with Crippen LogP contribution in [0, 0.1) is 5.92 Å². The zero-order chi connectivity index (χ0) is 12.8. The van der Waals surface area contributed by atoms with Crippen LogP contribution in [0.1, 0.15) is 5.76 Å². The van der Waals surface area contributed by atoms with Gasteiger partial charge in [-0.15, -0.1) is 0 Å². The van der Waals surface area contributed by atoms with E-state index in [1.54, 1.807) is 36.7 Å². The Morgan fingerprint density at radius 2 is 2.33 bits per heavy atom. The summed E-state index contributed by atoms with van der Waals surface area (Å²) in [7, 11) is 0. The summed E-state index contributed by atoms with van der Waals surface area (Å²) in [4.78, 5) is 15.0. The van der Waals surface area contributed by atoms with E-state index in [1.807, 2.05) is 0 Å². The van der Waals surface area contributed by atoms with Gasteiger partial charge in [-0.2, -0.15) is 0 Å². The van der Waals surface area contributed by atoms with Crippen molar-refractivity contribution in [3.05, 3.63) is 48.7 Å². The lowest BCUT2D eigenvalue weighted by molar-refractivity contribution is -0.142. The lowest BCUT2D eigenvalue weighted by atomic mass is 10.1. The molecule has 0 aliphatic rings. The largest absolute Gasteiger partial charge is 0.491 e. The Kier molecular flexibility index (Phi) is 3.96. The van der Waals surface area contributed by atoms with Gasteiger partial charge in [-0.3, -0.25) is 9.78 Å². The lowest BCUT2D eigenvalue weighted by Crippen LogP contribution is -2.23. The minimum atomic E-state index is -0.907. The Bertz CT molecular complexity index is 481. The zero-order valence-electron chi connectivity index (χ0n) is 9.65. The molecule has 94 valence electrons. The highest BCUT2D eigenvalue weighted by Crippen LogP contribution is 2.13. The van der Waals surface area contributed by atoms with Crippen LogP contribution in [0.15, 0.2) is 47.3 Å². The van der Waals surface area contributed by atoms with Gasteiger partial charge < -0.3 is 14.3 Å². The molecular weight excluding hydrogens is 234 g/mol. The molecule has 5 heteroatoms. The van der Waals surface area contributed by atoms with Gasteiger partial charge in [0.25, 0.3) is 0 Å². The van der Waals surface area contributed by atoms with Crippen molar-refractivity contribution in [3.8, 4) is 5.75 Å². The van der Waals surface area contributed by atoms with Crippen molar-refractivity contribution in [2.24, 2.45) is 5.92 Å². The second-order valence-corrected chi connectivity index (χ2v) is 3.82. The summed E-state index contributed by atoms with van der Waals surface area (Å²) in [6.07, 6.45) is 5.01. The van der Waals surface area contributed by atoms with E-state index in [2.05, 4.69) is 4.98 Å². The molecule has 1 atom stereocenters. The zero-order valence-corrected chi connectivity index (χ0v) is 9.65. The van der Waals surface area contributed by atoms with Gasteiger partial charge in [0.15, 0.2) is 0 Å². The fourth-order valence-corrected chi connectivity index (χ4v) is 1.52. The maximum atomic E-state index is 11.1. The SMILES string of the molecule is O=C(O)C(COc1cccnc1)Cc1ccco1. The summed E-state index contributed by atoms with van der Waals surface area (Å²) in [5.41, 5.74) is 0. The summed E-state index contributed by atoms with van der Waals surface area (Å²) >= 11 is 0. The molecule has 0 aliphatic heterocycles. The monoisotopic (exact) mass is 247 g/mol. The van der Waals surface area contributed by atoms with Gasteiger partial charge in [-0.05, 0) is 24.3 Å². The third kappa shape index (κ3) is 3.35. The van der Waals surface area contributed by atoms with Gasteiger partial charge >= 0.3 is 5.97 Å². The Labute approximate surface area is 104 Å². The van der Waals surface area contributed by atoms with E-state index in [0.717, 1.165) is 0 Å². The van der Waals surface area contributed by atoms with Crippen LogP contribution in [0.2, 0.25) is 0 Å². The average molecular weight is 247 g/mol. The molecule has 0 fully saturated rings. The third-order valence-electron chi connectivity index (χ3n) is 2.46. The third-order valence-corrected chi connectivity index (χ3v) is 2.46. The van der Waals surface area contributed by atoms with E-state index in [0.29, 0.717) is 17.9 Å². The molecule has 0 aliphatic carbocycles. The minimum Gasteiger partial charge on any atom is -0.491 e. The van der Waals surface area contributed by atoms with Crippen molar-refractivity contribution in [2.75, 3.05) is 6.61 Å². The fourth-order valence-electron chi connectivity index (χ4n) is 1.52. The lowest BCUT2D eigenvalue weighted by Gasteiger charge is -2.12. The van der Waals surface area contributed by atoms with E-state index in [9.17, 15) is 4.79 Å². The number of rotatable bonds is 6. The van der Waals surface area contributed by atoms with Gasteiger partial charge in [0.05, 0.1) is 18.4 Å². The number of carboxylic acid groups (broad SMARTS) is 1. The van der Waals surface area contributed by atoms with E-state index in [-0.39, 0.29) is 6.61 Å².